The number of ether oxygens (including phenoxy) is 4. The van der Waals surface area contributed by atoms with Crippen LogP contribution in [0.1, 0.15) is 136 Å². The molecule has 0 aromatic heterocycles. The largest absolute Gasteiger partial charge is 0.352 e. The Labute approximate surface area is 537 Å². The molecule has 6 aliphatic heterocycles. The minimum atomic E-state index is -0.954. The van der Waals surface area contributed by atoms with Crippen LogP contribution in [0.4, 0.5) is 0 Å². The van der Waals surface area contributed by atoms with Crippen molar-refractivity contribution in [1.29, 1.82) is 0 Å². The molecule has 6 heterocycles. The highest BCUT2D eigenvalue weighted by molar-refractivity contribution is 9.09. The fourth-order valence-electron chi connectivity index (χ4n) is 14.3. The number of carbonyl (C=O) groups excluding carboxylic acids is 6. The van der Waals surface area contributed by atoms with Crippen LogP contribution in [0, 0.1) is 58.5 Å². The molecule has 2 saturated carbocycles. The first-order valence-corrected chi connectivity index (χ1v) is 34.2. The second-order valence-electron chi connectivity index (χ2n) is 28.6. The van der Waals surface area contributed by atoms with Crippen molar-refractivity contribution in [2.45, 2.75) is 169 Å². The average Bonchev–Trinajstić information content (AvgIpc) is 1.65. The maximum absolute atomic E-state index is 13.1. The Bertz CT molecular complexity index is 2900. The summed E-state index contributed by atoms with van der Waals surface area (Å²) in [6.07, 6.45) is 14.4. The van der Waals surface area contributed by atoms with E-state index in [0.717, 1.165) is 60.2 Å². The number of nitrogens with one attached hydrogen (secondary N) is 1. The lowest BCUT2D eigenvalue weighted by molar-refractivity contribution is -0.232. The summed E-state index contributed by atoms with van der Waals surface area (Å²) in [6, 6.07) is 0. The zero-order valence-electron chi connectivity index (χ0n) is 54.6. The smallest absolute Gasteiger partial charge is 0.239 e. The predicted octanol–water partition coefficient (Wildman–Crippen LogP) is 10.7. The fourth-order valence-corrected chi connectivity index (χ4v) is 17.4. The summed E-state index contributed by atoms with van der Waals surface area (Å²) in [5.74, 6) is 0.790. The van der Waals surface area contributed by atoms with Gasteiger partial charge in [-0.25, -0.2) is 9.69 Å². The van der Waals surface area contributed by atoms with Crippen molar-refractivity contribution in [3.63, 3.8) is 0 Å². The molecule has 0 radical (unpaired) electrons. The molecule has 1 N–H and O–H groups in total. The normalized spacial score (nSPS) is 30.1. The van der Waals surface area contributed by atoms with E-state index in [1.807, 2.05) is 17.1 Å². The number of carbonyl (C=O) groups is 6. The summed E-state index contributed by atoms with van der Waals surface area (Å²) in [4.78, 5) is 88.1. The number of Topliss-reactive ketones (excluding diaryl/α,β-unsaturated/α-hetero) is 2. The van der Waals surface area contributed by atoms with Gasteiger partial charge in [-0.2, -0.15) is 0 Å². The van der Waals surface area contributed by atoms with Gasteiger partial charge in [-0.1, -0.05) is 163 Å². The Hall–Kier alpha value is -3.32. The molecule has 10 rings (SSSR count). The highest BCUT2D eigenvalue weighted by atomic mass is 79.9. The van der Waals surface area contributed by atoms with Crippen molar-refractivity contribution < 1.29 is 47.7 Å². The summed E-state index contributed by atoms with van der Waals surface area (Å²) < 4.78 is 23.9. The number of fused-ring (bicyclic) bond motifs is 4. The lowest BCUT2D eigenvalue weighted by Crippen LogP contribution is -2.62. The SMILES string of the molecule is CC(C)CBr.CC(C)CN1CC=C2C(P)(CCC3(OCCO3)C2(C)C)C1=O.CC1(C)C2=CCNC(=O)C2(P)CCC12OCCO2.[C-]#[N+]C1=C[C@@]2(P)C(=O)N(CC(C)C)CC=C2C(C)(C)C1=O.[C-]#[N+]C1=C[C@]2(P)C(=O)N(CC(C)C)CC=C2C(C)(C)C1=O. The standard InChI is InChI=1S/C17H28NO3P.2C16H21N2O2P.C13H20NO3P.C4H9Br/c1-12(2)11-18-8-5-13-15(3,4)17(20-9-10-21-17)7-6-16(13,22)14(18)19;2*1-10(2)9-18-7-6-12-15(3,4)13(19)11(17-5)8-16(12,21)14(18)20;1-11(2)9-3-6-14-10(15)12(9,18)4-5-13(11)16-7-8-17-13;1-4(2)3-5/h5,12H,6-11,22H2,1-4H3;2*6,8,10H,7,9,21H2,1-4H3;3H,4-8,18H2,1-2H3,(H,14,15);4H,3H2,1-2H3/t;2*16-;;/m.10../s1. The first kappa shape index (κ1) is 72.7. The molecule has 87 heavy (non-hydrogen) atoms. The van der Waals surface area contributed by atoms with E-state index in [1.165, 1.54) is 17.7 Å². The molecule has 21 heteroatoms. The van der Waals surface area contributed by atoms with Gasteiger partial charge < -0.3 is 48.6 Å². The lowest BCUT2D eigenvalue weighted by Gasteiger charge is -2.56. The quantitative estimate of drug-likeness (QED) is 0.112. The van der Waals surface area contributed by atoms with E-state index in [1.54, 1.807) is 37.5 Å². The molecule has 6 unspecified atom stereocenters. The highest BCUT2D eigenvalue weighted by Gasteiger charge is 2.64. The minimum Gasteiger partial charge on any atom is -0.352 e. The van der Waals surface area contributed by atoms with E-state index in [-0.39, 0.29) is 57.4 Å². The number of ketones is 2. The molecule has 480 valence electrons. The van der Waals surface area contributed by atoms with Crippen molar-refractivity contribution >= 4 is 88.1 Å². The van der Waals surface area contributed by atoms with E-state index in [0.29, 0.717) is 83.4 Å². The molecular formula is C66H99BrN6O10P4. The van der Waals surface area contributed by atoms with Crippen LogP contribution in [-0.2, 0) is 47.7 Å². The molecule has 0 aromatic carbocycles. The molecular weight excluding hydrogens is 1240 g/mol. The average molecular weight is 1340 g/mol. The number of hydrogen-bond acceptors (Lipinski definition) is 10. The molecule has 0 aromatic rings. The zero-order chi connectivity index (χ0) is 65.5. The van der Waals surface area contributed by atoms with Crippen LogP contribution in [0.15, 0.2) is 70.1 Å². The number of nitrogens with zero attached hydrogens (tertiary/aromatic N) is 5. The number of hydrogen-bond donors (Lipinski definition) is 1. The third-order valence-electron chi connectivity index (χ3n) is 18.8. The maximum atomic E-state index is 13.1. The number of halogens is 1. The maximum Gasteiger partial charge on any atom is 0.239 e. The van der Waals surface area contributed by atoms with Crippen molar-refractivity contribution in [3.8, 4) is 0 Å². The van der Waals surface area contributed by atoms with E-state index in [9.17, 15) is 28.8 Å². The Morgan fingerprint density at radius 3 is 1.16 bits per heavy atom. The molecule has 4 aliphatic carbocycles. The monoisotopic (exact) mass is 1340 g/mol. The zero-order valence-corrected chi connectivity index (χ0v) is 60.8. The second-order valence-corrected chi connectivity index (χ2v) is 33.0. The summed E-state index contributed by atoms with van der Waals surface area (Å²) in [6.45, 7) is 54.2. The number of allylic oxidation sites excluding steroid dienone is 2. The summed E-state index contributed by atoms with van der Waals surface area (Å²) >= 11 is 3.31. The van der Waals surface area contributed by atoms with Crippen LogP contribution in [0.5, 0.6) is 0 Å². The molecule has 2 spiro atoms. The van der Waals surface area contributed by atoms with Crippen LogP contribution in [-0.4, -0.2) is 160 Å². The minimum absolute atomic E-state index is 0.0413. The van der Waals surface area contributed by atoms with Crippen molar-refractivity contribution in [2.24, 2.45) is 45.3 Å². The topological polar surface area (TPSA) is 170 Å². The first-order valence-electron chi connectivity index (χ1n) is 30.8. The van der Waals surface area contributed by atoms with E-state index < -0.39 is 43.0 Å². The van der Waals surface area contributed by atoms with E-state index in [2.05, 4.69) is 163 Å². The van der Waals surface area contributed by atoms with Gasteiger partial charge in [0.1, 0.15) is 0 Å². The predicted molar refractivity (Wildman–Crippen MR) is 360 cm³/mol. The number of alkyl halides is 1. The Morgan fingerprint density at radius 1 is 0.506 bits per heavy atom. The van der Waals surface area contributed by atoms with Gasteiger partial charge in [-0.05, 0) is 58.8 Å². The summed E-state index contributed by atoms with van der Waals surface area (Å²) in [5.41, 5.74) is 1.83. The lowest BCUT2D eigenvalue weighted by atomic mass is 9.62. The molecule has 10 aliphatic rings. The van der Waals surface area contributed by atoms with Gasteiger partial charge >= 0.3 is 0 Å². The third kappa shape index (κ3) is 13.5. The van der Waals surface area contributed by atoms with Gasteiger partial charge in [0.25, 0.3) is 0 Å². The molecule has 4 amide bonds. The van der Waals surface area contributed by atoms with Crippen molar-refractivity contribution in [2.75, 3.05) is 77.6 Å². The molecule has 0 bridgehead atoms. The van der Waals surface area contributed by atoms with Crippen LogP contribution < -0.4 is 5.32 Å². The fraction of sp³-hybridized carbons (Fsp3) is 0.697. The van der Waals surface area contributed by atoms with Gasteiger partial charge in [0.15, 0.2) is 23.1 Å². The molecule has 8 atom stereocenters. The van der Waals surface area contributed by atoms with E-state index in [4.69, 9.17) is 32.1 Å². The molecule has 4 fully saturated rings. The Kier molecular flexibility index (Phi) is 22.7. The summed E-state index contributed by atoms with van der Waals surface area (Å²) in [7, 11) is 10.8. The van der Waals surface area contributed by atoms with Crippen molar-refractivity contribution in [1.82, 2.24) is 20.0 Å². The van der Waals surface area contributed by atoms with Crippen LogP contribution >= 0.6 is 52.9 Å². The van der Waals surface area contributed by atoms with Crippen LogP contribution in [0.3, 0.4) is 0 Å². The van der Waals surface area contributed by atoms with Gasteiger partial charge in [0.05, 0.1) is 60.2 Å². The molecule has 2 saturated heterocycles. The van der Waals surface area contributed by atoms with Gasteiger partial charge in [-0.15, -0.1) is 37.0 Å². The highest BCUT2D eigenvalue weighted by Crippen LogP contribution is 2.61. The number of rotatable bonds is 7. The van der Waals surface area contributed by atoms with Gasteiger partial charge in [0.2, 0.25) is 35.0 Å². The first-order chi connectivity index (χ1) is 40.2. The second kappa shape index (κ2) is 27.1. The van der Waals surface area contributed by atoms with E-state index >= 15 is 0 Å². The van der Waals surface area contributed by atoms with Crippen molar-refractivity contribution in [3.05, 3.63) is 93.0 Å². The van der Waals surface area contributed by atoms with Gasteiger partial charge in [-0.3, -0.25) is 19.2 Å². The Balaban J connectivity index is 0.000000181. The summed E-state index contributed by atoms with van der Waals surface area (Å²) in [5, 5.41) is 1.16. The number of amides is 4. The van der Waals surface area contributed by atoms with Gasteiger partial charge in [0, 0.05) is 85.6 Å². The third-order valence-corrected chi connectivity index (χ3v) is 23.2. The van der Waals surface area contributed by atoms with Crippen LogP contribution in [0.2, 0.25) is 0 Å². The molecule has 16 nitrogen and oxygen atoms in total. The van der Waals surface area contributed by atoms with Crippen LogP contribution in [0.25, 0.3) is 9.69 Å². The Morgan fingerprint density at radius 2 is 0.828 bits per heavy atom.